The van der Waals surface area contributed by atoms with Crippen LogP contribution in [0.5, 0.6) is 0 Å². The Morgan fingerprint density at radius 2 is 1.30 bits per heavy atom. The average molecular weight is 538 g/mol. The largest absolute Gasteiger partial charge is 0.302 e. The number of hydrogen-bond acceptors (Lipinski definition) is 4. The van der Waals surface area contributed by atoms with E-state index in [1.807, 2.05) is 0 Å². The second-order valence-electron chi connectivity index (χ2n) is 11.8. The van der Waals surface area contributed by atoms with E-state index in [0.29, 0.717) is 18.1 Å². The minimum absolute atomic E-state index is 0.290. The van der Waals surface area contributed by atoms with Gasteiger partial charge < -0.3 is 14.7 Å². The van der Waals surface area contributed by atoms with E-state index in [9.17, 15) is 4.79 Å². The monoisotopic (exact) mass is 537 g/mol. The third-order valence-corrected chi connectivity index (χ3v) is 9.14. The minimum Gasteiger partial charge on any atom is -0.302 e. The van der Waals surface area contributed by atoms with Crippen LogP contribution in [0, 0.1) is 5.92 Å². The maximum Gasteiger partial charge on any atom is 0.162 e. The lowest BCUT2D eigenvalue weighted by atomic mass is 9.87. The molecule has 0 spiro atoms. The van der Waals surface area contributed by atoms with Crippen LogP contribution in [0.1, 0.15) is 65.6 Å². The Morgan fingerprint density at radius 3 is 1.88 bits per heavy atom. The van der Waals surface area contributed by atoms with Crippen LogP contribution in [0.4, 0.5) is 0 Å². The SMILES string of the molecule is CCN1CCN(CCCC(=O)c2ccc(CC3CCN(CC(c4ccccc4)c4ccccc4)CC3)cc2)CC1. The number of carbonyl (C=O) groups is 1. The van der Waals surface area contributed by atoms with Crippen molar-refractivity contribution in [3.63, 3.8) is 0 Å². The normalized spacial score (nSPS) is 17.9. The molecule has 2 aliphatic heterocycles. The van der Waals surface area contributed by atoms with Crippen LogP contribution in [0.2, 0.25) is 0 Å². The van der Waals surface area contributed by atoms with Crippen LogP contribution in [0.3, 0.4) is 0 Å². The van der Waals surface area contributed by atoms with E-state index >= 15 is 0 Å². The zero-order chi connectivity index (χ0) is 27.6. The maximum absolute atomic E-state index is 12.8. The number of piperazine rings is 1. The third-order valence-electron chi connectivity index (χ3n) is 9.14. The first-order chi connectivity index (χ1) is 19.7. The van der Waals surface area contributed by atoms with Crippen molar-refractivity contribution in [2.24, 2.45) is 5.92 Å². The molecule has 0 atom stereocenters. The van der Waals surface area contributed by atoms with Gasteiger partial charge in [0.15, 0.2) is 5.78 Å². The van der Waals surface area contributed by atoms with Crippen LogP contribution < -0.4 is 0 Å². The predicted octanol–water partition coefficient (Wildman–Crippen LogP) is 6.37. The van der Waals surface area contributed by atoms with E-state index < -0.39 is 0 Å². The van der Waals surface area contributed by atoms with Crippen LogP contribution >= 0.6 is 0 Å². The molecule has 0 aromatic heterocycles. The number of rotatable bonds is 12. The van der Waals surface area contributed by atoms with Crippen molar-refractivity contribution in [1.29, 1.82) is 0 Å². The standard InChI is InChI=1S/C36H47N3O/c1-2-37-24-26-38(27-25-37)21-9-14-36(40)34-17-15-30(16-18-34)28-31-19-22-39(23-20-31)29-35(32-10-5-3-6-11-32)33-12-7-4-8-13-33/h3-8,10-13,15-18,31,35H,2,9,14,19-29H2,1H3. The molecule has 0 amide bonds. The van der Waals surface area contributed by atoms with Crippen molar-refractivity contribution in [1.82, 2.24) is 14.7 Å². The first-order valence-electron chi connectivity index (χ1n) is 15.6. The number of Topliss-reactive ketones (excluding diaryl/α,β-unsaturated/α-hetero) is 1. The molecule has 4 heteroatoms. The lowest BCUT2D eigenvalue weighted by Crippen LogP contribution is -2.46. The highest BCUT2D eigenvalue weighted by Crippen LogP contribution is 2.29. The zero-order valence-electron chi connectivity index (χ0n) is 24.4. The van der Waals surface area contributed by atoms with Crippen molar-refractivity contribution < 1.29 is 4.79 Å². The molecule has 5 rings (SSSR count). The molecule has 40 heavy (non-hydrogen) atoms. The van der Waals surface area contributed by atoms with Gasteiger partial charge in [0.1, 0.15) is 0 Å². The molecule has 0 aliphatic carbocycles. The summed E-state index contributed by atoms with van der Waals surface area (Å²) in [7, 11) is 0. The van der Waals surface area contributed by atoms with E-state index in [1.165, 1.54) is 29.5 Å². The fourth-order valence-corrected chi connectivity index (χ4v) is 6.50. The molecule has 4 nitrogen and oxygen atoms in total. The lowest BCUT2D eigenvalue weighted by Gasteiger charge is -2.34. The smallest absolute Gasteiger partial charge is 0.162 e. The molecule has 3 aromatic rings. The van der Waals surface area contributed by atoms with E-state index in [4.69, 9.17) is 0 Å². The van der Waals surface area contributed by atoms with Gasteiger partial charge in [0.2, 0.25) is 0 Å². The van der Waals surface area contributed by atoms with E-state index in [0.717, 1.165) is 83.2 Å². The van der Waals surface area contributed by atoms with Crippen LogP contribution in [0.15, 0.2) is 84.9 Å². The molecule has 0 N–H and O–H groups in total. The molecule has 0 saturated carbocycles. The Morgan fingerprint density at radius 1 is 0.725 bits per heavy atom. The van der Waals surface area contributed by atoms with Gasteiger partial charge in [-0.3, -0.25) is 4.79 Å². The Hall–Kier alpha value is -2.79. The Kier molecular flexibility index (Phi) is 10.6. The molecule has 0 unspecified atom stereocenters. The molecule has 2 aliphatic rings. The van der Waals surface area contributed by atoms with Crippen LogP contribution in [-0.2, 0) is 6.42 Å². The summed E-state index contributed by atoms with van der Waals surface area (Å²) in [5.41, 5.74) is 5.05. The van der Waals surface area contributed by atoms with Gasteiger partial charge in [-0.25, -0.2) is 0 Å². The number of piperidine rings is 1. The van der Waals surface area contributed by atoms with Gasteiger partial charge in [-0.05, 0) is 74.5 Å². The first-order valence-corrected chi connectivity index (χ1v) is 15.6. The molecule has 2 fully saturated rings. The molecular formula is C36H47N3O. The second kappa shape index (κ2) is 14.7. The molecule has 0 radical (unpaired) electrons. The second-order valence-corrected chi connectivity index (χ2v) is 11.8. The maximum atomic E-state index is 12.8. The summed E-state index contributed by atoms with van der Waals surface area (Å²) >= 11 is 0. The number of carbonyl (C=O) groups excluding carboxylic acids is 1. The fraction of sp³-hybridized carbons (Fsp3) is 0.472. The molecule has 212 valence electrons. The van der Waals surface area contributed by atoms with Crippen LogP contribution in [-0.4, -0.2) is 79.4 Å². The summed E-state index contributed by atoms with van der Waals surface area (Å²) in [6.07, 6.45) is 5.21. The summed E-state index contributed by atoms with van der Waals surface area (Å²) < 4.78 is 0. The van der Waals surface area contributed by atoms with E-state index in [2.05, 4.69) is 107 Å². The van der Waals surface area contributed by atoms with Crippen molar-refractivity contribution in [2.45, 2.75) is 44.9 Å². The number of likely N-dealkylation sites (N-methyl/N-ethyl adjacent to an activating group) is 1. The lowest BCUT2D eigenvalue weighted by molar-refractivity contribution is 0.0963. The average Bonchev–Trinajstić information content (AvgIpc) is 3.02. The summed E-state index contributed by atoms with van der Waals surface area (Å²) in [6.45, 7) is 12.4. The molecule has 2 saturated heterocycles. The zero-order valence-corrected chi connectivity index (χ0v) is 24.4. The van der Waals surface area contributed by atoms with E-state index in [-0.39, 0.29) is 0 Å². The number of benzene rings is 3. The summed E-state index contributed by atoms with van der Waals surface area (Å²) in [5.74, 6) is 1.42. The van der Waals surface area contributed by atoms with Gasteiger partial charge >= 0.3 is 0 Å². The topological polar surface area (TPSA) is 26.8 Å². The Bertz CT molecular complexity index is 1110. The van der Waals surface area contributed by atoms with Gasteiger partial charge in [0, 0.05) is 50.6 Å². The minimum atomic E-state index is 0.290. The van der Waals surface area contributed by atoms with Crippen molar-refractivity contribution in [2.75, 3.05) is 58.9 Å². The summed E-state index contributed by atoms with van der Waals surface area (Å²) in [4.78, 5) is 20.5. The molecule has 0 bridgehead atoms. The molecular weight excluding hydrogens is 490 g/mol. The number of ketones is 1. The Labute approximate surface area is 242 Å². The van der Waals surface area contributed by atoms with Crippen molar-refractivity contribution >= 4 is 5.78 Å². The highest BCUT2D eigenvalue weighted by molar-refractivity contribution is 5.96. The highest BCUT2D eigenvalue weighted by atomic mass is 16.1. The van der Waals surface area contributed by atoms with Gasteiger partial charge in [-0.1, -0.05) is 91.9 Å². The molecule has 2 heterocycles. The first kappa shape index (κ1) is 28.7. The third kappa shape index (κ3) is 8.13. The number of hydrogen-bond donors (Lipinski definition) is 0. The van der Waals surface area contributed by atoms with Gasteiger partial charge in [-0.15, -0.1) is 0 Å². The fourth-order valence-electron chi connectivity index (χ4n) is 6.50. The van der Waals surface area contributed by atoms with Crippen molar-refractivity contribution in [3.05, 3.63) is 107 Å². The predicted molar refractivity (Wildman–Crippen MR) is 166 cm³/mol. The van der Waals surface area contributed by atoms with Gasteiger partial charge in [0.25, 0.3) is 0 Å². The Balaban J connectivity index is 1.05. The highest BCUT2D eigenvalue weighted by Gasteiger charge is 2.24. The summed E-state index contributed by atoms with van der Waals surface area (Å²) in [6, 6.07) is 30.5. The summed E-state index contributed by atoms with van der Waals surface area (Å²) in [5, 5.41) is 0. The quantitative estimate of drug-likeness (QED) is 0.251. The van der Waals surface area contributed by atoms with Gasteiger partial charge in [-0.2, -0.15) is 0 Å². The van der Waals surface area contributed by atoms with E-state index in [1.54, 1.807) is 0 Å². The number of likely N-dealkylation sites (tertiary alicyclic amines) is 1. The number of nitrogens with zero attached hydrogens (tertiary/aromatic N) is 3. The van der Waals surface area contributed by atoms with Crippen molar-refractivity contribution in [3.8, 4) is 0 Å². The van der Waals surface area contributed by atoms with Gasteiger partial charge in [0.05, 0.1) is 0 Å². The molecule has 3 aromatic carbocycles. The van der Waals surface area contributed by atoms with Crippen LogP contribution in [0.25, 0.3) is 0 Å².